The number of nitrogens with one attached hydrogen (secondary N) is 2. The lowest BCUT2D eigenvalue weighted by Crippen LogP contribution is -2.21. The van der Waals surface area contributed by atoms with Crippen LogP contribution in [-0.2, 0) is 22.0 Å². The van der Waals surface area contributed by atoms with E-state index in [-0.39, 0.29) is 18.1 Å². The van der Waals surface area contributed by atoms with Crippen molar-refractivity contribution in [2.75, 3.05) is 17.3 Å². The second-order valence-electron chi connectivity index (χ2n) is 8.81. The first-order valence-electron chi connectivity index (χ1n) is 10.6. The molecule has 0 aliphatic rings. The molecule has 4 rings (SSSR count). The van der Waals surface area contributed by atoms with E-state index in [0.717, 1.165) is 11.3 Å². The number of pyridine rings is 1. The van der Waals surface area contributed by atoms with E-state index in [1.165, 1.54) is 6.26 Å². The van der Waals surface area contributed by atoms with Crippen molar-refractivity contribution in [2.45, 2.75) is 32.9 Å². The van der Waals surface area contributed by atoms with Crippen LogP contribution in [0.5, 0.6) is 0 Å². The van der Waals surface area contributed by atoms with Crippen molar-refractivity contribution in [3.63, 3.8) is 0 Å². The summed E-state index contributed by atoms with van der Waals surface area (Å²) < 4.78 is 24.5. The summed E-state index contributed by atoms with van der Waals surface area (Å²) in [4.78, 5) is 24.4. The molecule has 0 saturated carbocycles. The van der Waals surface area contributed by atoms with Gasteiger partial charge in [-0.05, 0) is 45.0 Å². The maximum Gasteiger partial charge on any atom is 0.291 e. The van der Waals surface area contributed by atoms with Crippen LogP contribution in [0.2, 0.25) is 0 Å². The fourth-order valence-electron chi connectivity index (χ4n) is 3.58. The zero-order valence-corrected chi connectivity index (χ0v) is 20.1. The van der Waals surface area contributed by atoms with E-state index >= 15 is 0 Å². The van der Waals surface area contributed by atoms with Crippen LogP contribution in [0.1, 0.15) is 35.7 Å². The first-order valence-corrected chi connectivity index (χ1v) is 12.7. The molecule has 1 amide bonds. The number of amides is 1. The molecule has 0 atom stereocenters. The number of aromatic nitrogens is 5. The van der Waals surface area contributed by atoms with E-state index in [1.54, 1.807) is 49.3 Å². The summed E-state index contributed by atoms with van der Waals surface area (Å²) in [6, 6.07) is 7.09. The molecule has 0 spiro atoms. The Balaban J connectivity index is 1.64. The molecule has 0 fully saturated rings. The molecule has 0 radical (unpaired) electrons. The standard InChI is InChI=1S/C23H26N6O4S/c1-14-9-15(5-6-24-14)20-12-25-21(26-20)22(30)27-19-10-16-13-29(7-8-34(4,32)33)28-18(16)11-17(19)23(2,3)31/h5-6,9-13,31H,7-8H2,1-4H3,(H,25,26)(H,27,30). The third kappa shape index (κ3) is 5.32. The van der Waals surface area contributed by atoms with Crippen LogP contribution in [0.3, 0.4) is 0 Å². The van der Waals surface area contributed by atoms with Gasteiger partial charge >= 0.3 is 0 Å². The Morgan fingerprint density at radius 1 is 1.26 bits per heavy atom. The summed E-state index contributed by atoms with van der Waals surface area (Å²) in [7, 11) is -3.14. The van der Waals surface area contributed by atoms with E-state index in [4.69, 9.17) is 0 Å². The van der Waals surface area contributed by atoms with Crippen LogP contribution in [0.4, 0.5) is 5.69 Å². The van der Waals surface area contributed by atoms with Crippen molar-refractivity contribution in [2.24, 2.45) is 0 Å². The summed E-state index contributed by atoms with van der Waals surface area (Å²) in [5.41, 5.74) is 2.48. The van der Waals surface area contributed by atoms with Gasteiger partial charge in [-0.25, -0.2) is 13.4 Å². The molecule has 0 aliphatic heterocycles. The summed E-state index contributed by atoms with van der Waals surface area (Å²) in [5.74, 6) is -0.387. The minimum absolute atomic E-state index is 0.0409. The molecule has 10 nitrogen and oxygen atoms in total. The molecule has 0 saturated heterocycles. The molecule has 1 aromatic carbocycles. The topological polar surface area (TPSA) is 143 Å². The number of sulfone groups is 1. The molecule has 3 heterocycles. The second kappa shape index (κ2) is 8.65. The zero-order chi connectivity index (χ0) is 24.7. The number of fused-ring (bicyclic) bond motifs is 1. The minimum atomic E-state index is -3.14. The Hall–Kier alpha value is -3.57. The number of anilines is 1. The van der Waals surface area contributed by atoms with E-state index in [9.17, 15) is 18.3 Å². The van der Waals surface area contributed by atoms with Gasteiger partial charge in [0.25, 0.3) is 5.91 Å². The third-order valence-electron chi connectivity index (χ3n) is 5.27. The number of carbonyl (C=O) groups excluding carboxylic acids is 1. The van der Waals surface area contributed by atoms with E-state index in [1.807, 2.05) is 19.1 Å². The van der Waals surface area contributed by atoms with Gasteiger partial charge in [0.05, 0.1) is 29.1 Å². The quantitative estimate of drug-likeness (QED) is 0.367. The summed E-state index contributed by atoms with van der Waals surface area (Å²) in [5, 5.41) is 18.7. The molecule has 3 aromatic heterocycles. The number of hydrogen-bond donors (Lipinski definition) is 3. The number of aromatic amines is 1. The molecule has 178 valence electrons. The number of aryl methyl sites for hydroxylation is 2. The van der Waals surface area contributed by atoms with Gasteiger partial charge in [0.15, 0.2) is 5.82 Å². The third-order valence-corrected chi connectivity index (χ3v) is 6.20. The molecule has 4 aromatic rings. The van der Waals surface area contributed by atoms with E-state index in [2.05, 4.69) is 25.4 Å². The lowest BCUT2D eigenvalue weighted by atomic mass is 9.95. The number of imidazole rings is 1. The minimum Gasteiger partial charge on any atom is -0.386 e. The predicted octanol–water partition coefficient (Wildman–Crippen LogP) is 2.65. The molecule has 0 unspecified atom stereocenters. The average Bonchev–Trinajstić information content (AvgIpc) is 3.37. The van der Waals surface area contributed by atoms with Gasteiger partial charge < -0.3 is 15.4 Å². The van der Waals surface area contributed by atoms with Gasteiger partial charge in [0.2, 0.25) is 0 Å². The van der Waals surface area contributed by atoms with Crippen molar-refractivity contribution >= 4 is 32.3 Å². The van der Waals surface area contributed by atoms with Gasteiger partial charge in [-0.15, -0.1) is 0 Å². The highest BCUT2D eigenvalue weighted by Crippen LogP contribution is 2.32. The average molecular weight is 483 g/mol. The number of aliphatic hydroxyl groups is 1. The Morgan fingerprint density at radius 2 is 2.03 bits per heavy atom. The van der Waals surface area contributed by atoms with Crippen molar-refractivity contribution in [3.05, 3.63) is 59.9 Å². The largest absolute Gasteiger partial charge is 0.386 e. The number of H-pyrrole nitrogens is 1. The van der Waals surface area contributed by atoms with Gasteiger partial charge in [-0.2, -0.15) is 5.10 Å². The van der Waals surface area contributed by atoms with E-state index in [0.29, 0.717) is 27.8 Å². The van der Waals surface area contributed by atoms with Gasteiger partial charge in [-0.3, -0.25) is 14.5 Å². The maximum absolute atomic E-state index is 13.0. The first-order chi connectivity index (χ1) is 15.9. The highest BCUT2D eigenvalue weighted by molar-refractivity contribution is 7.90. The molecule has 3 N–H and O–H groups in total. The second-order valence-corrected chi connectivity index (χ2v) is 11.1. The van der Waals surface area contributed by atoms with Gasteiger partial charge in [0, 0.05) is 52.7 Å². The molecule has 0 aliphatic carbocycles. The van der Waals surface area contributed by atoms with Gasteiger partial charge in [-0.1, -0.05) is 0 Å². The summed E-state index contributed by atoms with van der Waals surface area (Å²) >= 11 is 0. The zero-order valence-electron chi connectivity index (χ0n) is 19.3. The molecule has 11 heteroatoms. The first kappa shape index (κ1) is 23.6. The highest BCUT2D eigenvalue weighted by atomic mass is 32.2. The molecular formula is C23H26N6O4S. The monoisotopic (exact) mass is 482 g/mol. The fraction of sp³-hybridized carbons (Fsp3) is 0.304. The number of carbonyl (C=O) groups is 1. The van der Waals surface area contributed by atoms with Crippen molar-refractivity contribution < 1.29 is 18.3 Å². The molecular weight excluding hydrogens is 456 g/mol. The Bertz CT molecular complexity index is 1480. The lowest BCUT2D eigenvalue weighted by molar-refractivity contribution is 0.0793. The van der Waals surface area contributed by atoms with Crippen LogP contribution >= 0.6 is 0 Å². The van der Waals surface area contributed by atoms with Crippen LogP contribution in [0.25, 0.3) is 22.2 Å². The summed E-state index contributed by atoms with van der Waals surface area (Å²) in [6.45, 7) is 5.31. The number of benzene rings is 1. The fourth-order valence-corrected chi connectivity index (χ4v) is 4.10. The normalized spacial score (nSPS) is 12.3. The van der Waals surface area contributed by atoms with Crippen molar-refractivity contribution in [1.29, 1.82) is 0 Å². The maximum atomic E-state index is 13.0. The van der Waals surface area contributed by atoms with Crippen molar-refractivity contribution in [3.8, 4) is 11.3 Å². The number of rotatable bonds is 7. The number of nitrogens with zero attached hydrogens (tertiary/aromatic N) is 4. The smallest absolute Gasteiger partial charge is 0.291 e. The van der Waals surface area contributed by atoms with Crippen LogP contribution < -0.4 is 5.32 Å². The Morgan fingerprint density at radius 3 is 2.71 bits per heavy atom. The lowest BCUT2D eigenvalue weighted by Gasteiger charge is -2.21. The highest BCUT2D eigenvalue weighted by Gasteiger charge is 2.24. The van der Waals surface area contributed by atoms with Gasteiger partial charge in [0.1, 0.15) is 9.84 Å². The summed E-state index contributed by atoms with van der Waals surface area (Å²) in [6.07, 6.45) is 6.21. The van der Waals surface area contributed by atoms with Crippen LogP contribution in [-0.4, -0.2) is 56.2 Å². The molecule has 34 heavy (non-hydrogen) atoms. The SMILES string of the molecule is Cc1cc(-c2c[nH]c(C(=O)Nc3cc4cn(CCS(C)(=O)=O)nc4cc3C(C)(C)O)n2)ccn1. The predicted molar refractivity (Wildman–Crippen MR) is 129 cm³/mol. The van der Waals surface area contributed by atoms with Crippen molar-refractivity contribution in [1.82, 2.24) is 24.7 Å². The number of hydrogen-bond acceptors (Lipinski definition) is 7. The van der Waals surface area contributed by atoms with Crippen LogP contribution in [0.15, 0.2) is 42.9 Å². The Labute approximate surface area is 197 Å². The van der Waals surface area contributed by atoms with E-state index < -0.39 is 21.3 Å². The van der Waals surface area contributed by atoms with Crippen LogP contribution in [0, 0.1) is 6.92 Å². The Kier molecular flexibility index (Phi) is 6.00. The molecule has 0 bridgehead atoms.